The third-order valence-electron chi connectivity index (χ3n) is 13.8. The summed E-state index contributed by atoms with van der Waals surface area (Å²) in [4.78, 5) is 38.1. The average Bonchev–Trinajstić information content (AvgIpc) is 3.29. The third-order valence-corrected chi connectivity index (χ3v) is 13.8. The average molecular weight is 920 g/mol. The maximum Gasteiger partial charge on any atom is 0.306 e. The van der Waals surface area contributed by atoms with Gasteiger partial charge < -0.3 is 14.2 Å². The summed E-state index contributed by atoms with van der Waals surface area (Å²) in [6.07, 6.45) is 55.2. The molecule has 0 aromatic carbocycles. The van der Waals surface area contributed by atoms with Gasteiger partial charge in [-0.1, -0.05) is 291 Å². The van der Waals surface area contributed by atoms with Crippen molar-refractivity contribution in [2.24, 2.45) is 11.8 Å². The molecule has 0 spiro atoms. The lowest BCUT2D eigenvalue weighted by atomic mass is 9.99. The van der Waals surface area contributed by atoms with E-state index in [1.807, 2.05) is 0 Å². The van der Waals surface area contributed by atoms with Crippen molar-refractivity contribution >= 4 is 17.9 Å². The van der Waals surface area contributed by atoms with Gasteiger partial charge in [-0.3, -0.25) is 14.4 Å². The van der Waals surface area contributed by atoms with E-state index in [4.69, 9.17) is 14.2 Å². The molecule has 0 rings (SSSR count). The number of hydrogen-bond donors (Lipinski definition) is 0. The molecule has 0 aliphatic carbocycles. The van der Waals surface area contributed by atoms with Gasteiger partial charge in [-0.2, -0.15) is 0 Å². The molecule has 0 saturated heterocycles. The van der Waals surface area contributed by atoms with Crippen molar-refractivity contribution in [1.82, 2.24) is 0 Å². The molecule has 65 heavy (non-hydrogen) atoms. The van der Waals surface area contributed by atoms with Crippen LogP contribution in [0.5, 0.6) is 0 Å². The Kier molecular flexibility index (Phi) is 50.5. The second-order valence-corrected chi connectivity index (χ2v) is 21.0. The zero-order valence-electron chi connectivity index (χ0n) is 44.6. The molecular weight excluding hydrogens is 805 g/mol. The van der Waals surface area contributed by atoms with Crippen molar-refractivity contribution in [3.8, 4) is 0 Å². The second kappa shape index (κ2) is 51.8. The number of ether oxygens (including phenoxy) is 3. The molecule has 6 heteroatoms. The summed E-state index contributed by atoms with van der Waals surface area (Å²) in [7, 11) is 0. The maximum atomic E-state index is 12.8. The Labute approximate surface area is 406 Å². The molecule has 2 atom stereocenters. The number of carbonyl (C=O) groups excluding carboxylic acids is 3. The summed E-state index contributed by atoms with van der Waals surface area (Å²) in [6.45, 7) is 11.4. The Balaban J connectivity index is 4.24. The van der Waals surface area contributed by atoms with Crippen LogP contribution in [0.4, 0.5) is 0 Å². The number of hydrogen-bond acceptors (Lipinski definition) is 6. The summed E-state index contributed by atoms with van der Waals surface area (Å²) in [5, 5.41) is 0. The standard InChI is InChI=1S/C59H114O6/c1-6-8-9-10-11-12-13-23-29-34-39-44-49-57(60)63-52-56(65-59(62)51-46-41-36-31-26-25-28-33-38-43-48-55(5)7-2)53-64-58(61)50-45-40-35-30-24-21-19-17-15-14-16-18-20-22-27-32-37-42-47-54(3)4/h54-56H,6-53H2,1-5H3/t55?,56-/m0/s1. The van der Waals surface area contributed by atoms with E-state index in [-0.39, 0.29) is 31.1 Å². The first-order chi connectivity index (χ1) is 31.8. The predicted molar refractivity (Wildman–Crippen MR) is 280 cm³/mol. The van der Waals surface area contributed by atoms with Gasteiger partial charge in [0.2, 0.25) is 0 Å². The minimum atomic E-state index is -0.762. The Morgan fingerprint density at radius 2 is 0.585 bits per heavy atom. The van der Waals surface area contributed by atoms with Crippen LogP contribution < -0.4 is 0 Å². The first-order valence-electron chi connectivity index (χ1n) is 29.3. The molecule has 0 saturated carbocycles. The summed E-state index contributed by atoms with van der Waals surface area (Å²) in [5.41, 5.74) is 0. The second-order valence-electron chi connectivity index (χ2n) is 21.0. The maximum absolute atomic E-state index is 12.8. The molecule has 0 radical (unpaired) electrons. The molecule has 1 unspecified atom stereocenters. The third kappa shape index (κ3) is 51.6. The highest BCUT2D eigenvalue weighted by atomic mass is 16.6. The highest BCUT2D eigenvalue weighted by Gasteiger charge is 2.19. The first-order valence-corrected chi connectivity index (χ1v) is 29.3. The molecule has 0 aromatic rings. The Bertz CT molecular complexity index is 995. The van der Waals surface area contributed by atoms with Gasteiger partial charge >= 0.3 is 17.9 Å². The molecule has 386 valence electrons. The molecule has 0 aromatic heterocycles. The van der Waals surface area contributed by atoms with Gasteiger partial charge in [0.15, 0.2) is 6.10 Å². The highest BCUT2D eigenvalue weighted by Crippen LogP contribution is 2.19. The van der Waals surface area contributed by atoms with Crippen LogP contribution in [0.25, 0.3) is 0 Å². The minimum absolute atomic E-state index is 0.0627. The SMILES string of the molecule is CCCCCCCCCCCCCCC(=O)OC[C@@H](COC(=O)CCCCCCCCCCCCCCCCCCCCC(C)C)OC(=O)CCCCCCCCCCCCC(C)CC. The molecule has 0 aliphatic heterocycles. The zero-order chi connectivity index (χ0) is 47.5. The largest absolute Gasteiger partial charge is 0.462 e. The Hall–Kier alpha value is -1.59. The first kappa shape index (κ1) is 63.4. The predicted octanol–water partition coefficient (Wildman–Crippen LogP) is 19.3. The summed E-state index contributed by atoms with van der Waals surface area (Å²) in [5.74, 6) is 0.887. The minimum Gasteiger partial charge on any atom is -0.462 e. The van der Waals surface area contributed by atoms with Gasteiger partial charge in [-0.25, -0.2) is 0 Å². The van der Waals surface area contributed by atoms with Crippen LogP contribution in [0.1, 0.15) is 330 Å². The van der Waals surface area contributed by atoms with E-state index >= 15 is 0 Å². The zero-order valence-corrected chi connectivity index (χ0v) is 44.6. The van der Waals surface area contributed by atoms with E-state index in [2.05, 4.69) is 34.6 Å². The summed E-state index contributed by atoms with van der Waals surface area (Å²) < 4.78 is 16.9. The van der Waals surface area contributed by atoms with Crippen LogP contribution in [-0.2, 0) is 28.6 Å². The lowest BCUT2D eigenvalue weighted by Crippen LogP contribution is -2.30. The van der Waals surface area contributed by atoms with E-state index < -0.39 is 6.10 Å². The highest BCUT2D eigenvalue weighted by molar-refractivity contribution is 5.71. The summed E-state index contributed by atoms with van der Waals surface area (Å²) in [6, 6.07) is 0. The number of rotatable bonds is 53. The summed E-state index contributed by atoms with van der Waals surface area (Å²) >= 11 is 0. The Morgan fingerprint density at radius 3 is 0.877 bits per heavy atom. The van der Waals surface area contributed by atoms with Crippen LogP contribution in [0, 0.1) is 11.8 Å². The van der Waals surface area contributed by atoms with Crippen molar-refractivity contribution in [3.05, 3.63) is 0 Å². The normalized spacial score (nSPS) is 12.5. The smallest absolute Gasteiger partial charge is 0.306 e. The van der Waals surface area contributed by atoms with Gasteiger partial charge in [0.25, 0.3) is 0 Å². The fourth-order valence-corrected chi connectivity index (χ4v) is 9.02. The van der Waals surface area contributed by atoms with E-state index in [0.717, 1.165) is 69.6 Å². The fraction of sp³-hybridized carbons (Fsp3) is 0.949. The van der Waals surface area contributed by atoms with Gasteiger partial charge in [0.05, 0.1) is 0 Å². The van der Waals surface area contributed by atoms with E-state index in [1.165, 1.54) is 218 Å². The van der Waals surface area contributed by atoms with Gasteiger partial charge in [0, 0.05) is 19.3 Å². The number of esters is 3. The number of carbonyl (C=O) groups is 3. The monoisotopic (exact) mass is 919 g/mol. The van der Waals surface area contributed by atoms with Crippen molar-refractivity contribution in [1.29, 1.82) is 0 Å². The van der Waals surface area contributed by atoms with Gasteiger partial charge in [0.1, 0.15) is 13.2 Å². The molecule has 0 amide bonds. The quantitative estimate of drug-likeness (QED) is 0.0344. The van der Waals surface area contributed by atoms with E-state index in [1.54, 1.807) is 0 Å². The van der Waals surface area contributed by atoms with E-state index in [9.17, 15) is 14.4 Å². The van der Waals surface area contributed by atoms with Gasteiger partial charge in [-0.05, 0) is 31.1 Å². The molecule has 0 N–H and O–H groups in total. The molecule has 0 aliphatic rings. The van der Waals surface area contributed by atoms with Crippen molar-refractivity contribution < 1.29 is 28.6 Å². The van der Waals surface area contributed by atoms with Crippen LogP contribution in [-0.4, -0.2) is 37.2 Å². The lowest BCUT2D eigenvalue weighted by Gasteiger charge is -2.18. The number of unbranched alkanes of at least 4 members (excludes halogenated alkanes) is 37. The van der Waals surface area contributed by atoms with Gasteiger partial charge in [-0.15, -0.1) is 0 Å². The molecule has 6 nitrogen and oxygen atoms in total. The Morgan fingerprint density at radius 1 is 0.323 bits per heavy atom. The topological polar surface area (TPSA) is 78.9 Å². The lowest BCUT2D eigenvalue weighted by molar-refractivity contribution is -0.167. The van der Waals surface area contributed by atoms with Crippen LogP contribution in [0.3, 0.4) is 0 Å². The fourth-order valence-electron chi connectivity index (χ4n) is 9.02. The van der Waals surface area contributed by atoms with E-state index in [0.29, 0.717) is 19.3 Å². The van der Waals surface area contributed by atoms with Crippen molar-refractivity contribution in [2.45, 2.75) is 336 Å². The molecule has 0 bridgehead atoms. The van der Waals surface area contributed by atoms with Crippen LogP contribution in [0.15, 0.2) is 0 Å². The molecule has 0 heterocycles. The van der Waals surface area contributed by atoms with Crippen molar-refractivity contribution in [2.75, 3.05) is 13.2 Å². The van der Waals surface area contributed by atoms with Crippen LogP contribution in [0.2, 0.25) is 0 Å². The molecule has 0 fully saturated rings. The molecular formula is C59H114O6. The van der Waals surface area contributed by atoms with Crippen LogP contribution >= 0.6 is 0 Å². The van der Waals surface area contributed by atoms with Crippen molar-refractivity contribution in [3.63, 3.8) is 0 Å².